The van der Waals surface area contributed by atoms with Crippen molar-refractivity contribution in [3.8, 4) is 0 Å². The first-order valence-corrected chi connectivity index (χ1v) is 7.40. The van der Waals surface area contributed by atoms with E-state index in [1.165, 1.54) is 19.1 Å². The van der Waals surface area contributed by atoms with E-state index in [2.05, 4.69) is 0 Å². The van der Waals surface area contributed by atoms with Crippen LogP contribution in [-0.4, -0.2) is 17.4 Å². The second-order valence-corrected chi connectivity index (χ2v) is 5.68. The third-order valence-electron chi connectivity index (χ3n) is 4.24. The Labute approximate surface area is 132 Å². The average Bonchev–Trinajstić information content (AvgIpc) is 2.53. The van der Waals surface area contributed by atoms with Gasteiger partial charge in [-0.15, -0.1) is 0 Å². The van der Waals surface area contributed by atoms with E-state index in [0.29, 0.717) is 12.1 Å². The van der Waals surface area contributed by atoms with Crippen LogP contribution in [0.1, 0.15) is 35.2 Å². The Kier molecular flexibility index (Phi) is 3.88. The van der Waals surface area contributed by atoms with Gasteiger partial charge in [-0.3, -0.25) is 4.79 Å². The minimum absolute atomic E-state index is 0.0793. The van der Waals surface area contributed by atoms with Gasteiger partial charge in [-0.05, 0) is 35.2 Å². The SMILES string of the molecule is CC(=O)N1CCc2ccccc2C1c1ccc(C(F)(F)F)cc1. The van der Waals surface area contributed by atoms with Crippen LogP contribution in [-0.2, 0) is 17.4 Å². The third kappa shape index (κ3) is 2.96. The fourth-order valence-corrected chi connectivity index (χ4v) is 3.12. The van der Waals surface area contributed by atoms with E-state index in [1.54, 1.807) is 4.90 Å². The molecule has 0 radical (unpaired) electrons. The van der Waals surface area contributed by atoms with Gasteiger partial charge in [-0.25, -0.2) is 0 Å². The van der Waals surface area contributed by atoms with E-state index in [-0.39, 0.29) is 11.9 Å². The highest BCUT2D eigenvalue weighted by molar-refractivity contribution is 5.75. The Morgan fingerprint density at radius 2 is 1.74 bits per heavy atom. The van der Waals surface area contributed by atoms with Crippen molar-refractivity contribution >= 4 is 5.91 Å². The Balaban J connectivity index is 2.05. The summed E-state index contributed by atoms with van der Waals surface area (Å²) < 4.78 is 38.2. The van der Waals surface area contributed by atoms with Crippen molar-refractivity contribution in [1.29, 1.82) is 0 Å². The molecule has 3 rings (SSSR count). The number of halogens is 3. The summed E-state index contributed by atoms with van der Waals surface area (Å²) in [5, 5.41) is 0. The summed E-state index contributed by atoms with van der Waals surface area (Å²) in [6, 6.07) is 12.5. The van der Waals surface area contributed by atoms with Crippen LogP contribution in [0, 0.1) is 0 Å². The van der Waals surface area contributed by atoms with Gasteiger partial charge in [0.15, 0.2) is 0 Å². The second-order valence-electron chi connectivity index (χ2n) is 5.68. The van der Waals surface area contributed by atoms with Gasteiger partial charge < -0.3 is 4.90 Å². The maximum atomic E-state index is 12.7. The largest absolute Gasteiger partial charge is 0.416 e. The first-order valence-electron chi connectivity index (χ1n) is 7.40. The average molecular weight is 319 g/mol. The van der Waals surface area contributed by atoms with Crippen molar-refractivity contribution in [3.63, 3.8) is 0 Å². The standard InChI is InChI=1S/C18H16F3NO/c1-12(23)22-11-10-13-4-2-3-5-16(13)17(22)14-6-8-15(9-7-14)18(19,20)21/h2-9,17H,10-11H2,1H3. The van der Waals surface area contributed by atoms with Crippen molar-refractivity contribution in [3.05, 3.63) is 70.8 Å². The van der Waals surface area contributed by atoms with Gasteiger partial charge in [0.2, 0.25) is 5.91 Å². The Hall–Kier alpha value is -2.30. The highest BCUT2D eigenvalue weighted by Crippen LogP contribution is 2.36. The molecular formula is C18H16F3NO. The van der Waals surface area contributed by atoms with Gasteiger partial charge in [0.05, 0.1) is 11.6 Å². The molecule has 1 aliphatic rings. The van der Waals surface area contributed by atoms with E-state index < -0.39 is 11.7 Å². The molecule has 0 spiro atoms. The van der Waals surface area contributed by atoms with Gasteiger partial charge in [0.1, 0.15) is 0 Å². The lowest BCUT2D eigenvalue weighted by atomic mass is 9.88. The second kappa shape index (κ2) is 5.72. The zero-order valence-electron chi connectivity index (χ0n) is 12.6. The monoisotopic (exact) mass is 319 g/mol. The van der Waals surface area contributed by atoms with Crippen LogP contribution in [0.2, 0.25) is 0 Å². The predicted octanol–water partition coefficient (Wildman–Crippen LogP) is 4.20. The summed E-state index contributed by atoms with van der Waals surface area (Å²) in [7, 11) is 0. The molecule has 0 bridgehead atoms. The highest BCUT2D eigenvalue weighted by atomic mass is 19.4. The van der Waals surface area contributed by atoms with E-state index >= 15 is 0 Å². The van der Waals surface area contributed by atoms with Crippen molar-refractivity contribution in [2.45, 2.75) is 25.6 Å². The van der Waals surface area contributed by atoms with Crippen molar-refractivity contribution in [1.82, 2.24) is 4.90 Å². The Morgan fingerprint density at radius 1 is 1.09 bits per heavy atom. The first kappa shape index (κ1) is 15.6. The molecule has 2 aromatic carbocycles. The summed E-state index contributed by atoms with van der Waals surface area (Å²) in [6.45, 7) is 2.06. The summed E-state index contributed by atoms with van der Waals surface area (Å²) in [6.07, 6.45) is -3.60. The molecular weight excluding hydrogens is 303 g/mol. The topological polar surface area (TPSA) is 20.3 Å². The molecule has 1 atom stereocenters. The van der Waals surface area contributed by atoms with E-state index in [9.17, 15) is 18.0 Å². The minimum Gasteiger partial charge on any atom is -0.331 e. The number of hydrogen-bond acceptors (Lipinski definition) is 1. The third-order valence-corrected chi connectivity index (χ3v) is 4.24. The maximum absolute atomic E-state index is 12.7. The zero-order chi connectivity index (χ0) is 16.6. The molecule has 23 heavy (non-hydrogen) atoms. The highest BCUT2D eigenvalue weighted by Gasteiger charge is 2.33. The molecule has 0 saturated heterocycles. The predicted molar refractivity (Wildman–Crippen MR) is 80.8 cm³/mol. The summed E-state index contributed by atoms with van der Waals surface area (Å²) in [5.41, 5.74) is 2.13. The molecule has 1 heterocycles. The lowest BCUT2D eigenvalue weighted by Crippen LogP contribution is -2.39. The van der Waals surface area contributed by atoms with Crippen molar-refractivity contribution in [2.75, 3.05) is 6.54 Å². The number of rotatable bonds is 1. The molecule has 1 unspecified atom stereocenters. The molecule has 0 saturated carbocycles. The quantitative estimate of drug-likeness (QED) is 0.771. The smallest absolute Gasteiger partial charge is 0.331 e. The number of fused-ring (bicyclic) bond motifs is 1. The summed E-state index contributed by atoms with van der Waals surface area (Å²) >= 11 is 0. The molecule has 2 nitrogen and oxygen atoms in total. The number of amides is 1. The Morgan fingerprint density at radius 3 is 2.35 bits per heavy atom. The van der Waals surface area contributed by atoms with Crippen LogP contribution in [0.3, 0.4) is 0 Å². The molecule has 5 heteroatoms. The molecule has 1 amide bonds. The minimum atomic E-state index is -4.36. The van der Waals surface area contributed by atoms with Crippen LogP contribution in [0.15, 0.2) is 48.5 Å². The van der Waals surface area contributed by atoms with Crippen LogP contribution in [0.5, 0.6) is 0 Å². The first-order chi connectivity index (χ1) is 10.9. The summed E-state index contributed by atoms with van der Waals surface area (Å²) in [5.74, 6) is -0.0793. The fraction of sp³-hybridized carbons (Fsp3) is 0.278. The van der Waals surface area contributed by atoms with Crippen LogP contribution >= 0.6 is 0 Å². The van der Waals surface area contributed by atoms with Gasteiger partial charge in [-0.1, -0.05) is 36.4 Å². The van der Waals surface area contributed by atoms with Crippen LogP contribution in [0.25, 0.3) is 0 Å². The van der Waals surface area contributed by atoms with Gasteiger partial charge in [0.25, 0.3) is 0 Å². The van der Waals surface area contributed by atoms with E-state index in [4.69, 9.17) is 0 Å². The number of carbonyl (C=O) groups is 1. The number of carbonyl (C=O) groups excluding carboxylic acids is 1. The van der Waals surface area contributed by atoms with E-state index in [1.807, 2.05) is 24.3 Å². The van der Waals surface area contributed by atoms with Gasteiger partial charge >= 0.3 is 6.18 Å². The van der Waals surface area contributed by atoms with Gasteiger partial charge in [0, 0.05) is 13.5 Å². The molecule has 0 aromatic heterocycles. The molecule has 120 valence electrons. The fourth-order valence-electron chi connectivity index (χ4n) is 3.12. The van der Waals surface area contributed by atoms with Gasteiger partial charge in [-0.2, -0.15) is 13.2 Å². The van der Waals surface area contributed by atoms with Crippen molar-refractivity contribution in [2.24, 2.45) is 0 Å². The molecule has 2 aromatic rings. The Bertz CT molecular complexity index is 722. The molecule has 1 aliphatic heterocycles. The molecule has 0 aliphatic carbocycles. The maximum Gasteiger partial charge on any atom is 0.416 e. The number of nitrogens with zero attached hydrogens (tertiary/aromatic N) is 1. The number of benzene rings is 2. The van der Waals surface area contributed by atoms with E-state index in [0.717, 1.165) is 29.7 Å². The normalized spacial score (nSPS) is 17.7. The number of hydrogen-bond donors (Lipinski definition) is 0. The van der Waals surface area contributed by atoms with Crippen LogP contribution < -0.4 is 0 Å². The zero-order valence-corrected chi connectivity index (χ0v) is 12.6. The summed E-state index contributed by atoms with van der Waals surface area (Å²) in [4.78, 5) is 13.7. The van der Waals surface area contributed by atoms with Crippen LogP contribution in [0.4, 0.5) is 13.2 Å². The molecule has 0 fully saturated rings. The lowest BCUT2D eigenvalue weighted by Gasteiger charge is -2.37. The lowest BCUT2D eigenvalue weighted by molar-refractivity contribution is -0.137. The van der Waals surface area contributed by atoms with Crippen molar-refractivity contribution < 1.29 is 18.0 Å². The number of alkyl halides is 3. The molecule has 0 N–H and O–H groups in total.